The van der Waals surface area contributed by atoms with Crippen molar-refractivity contribution in [1.29, 1.82) is 5.26 Å². The Bertz CT molecular complexity index is 1170. The number of benzene rings is 1. The van der Waals surface area contributed by atoms with Gasteiger partial charge in [0.2, 0.25) is 0 Å². The van der Waals surface area contributed by atoms with Crippen molar-refractivity contribution in [3.05, 3.63) is 36.2 Å². The minimum atomic E-state index is -5.05. The molecule has 0 saturated carbocycles. The number of imide groups is 1. The average Bonchev–Trinajstić information content (AvgIpc) is 3.37. The zero-order valence-corrected chi connectivity index (χ0v) is 15.1. The molecule has 11 heteroatoms. The van der Waals surface area contributed by atoms with Crippen LogP contribution >= 0.6 is 0 Å². The van der Waals surface area contributed by atoms with Crippen molar-refractivity contribution in [1.82, 2.24) is 14.8 Å². The van der Waals surface area contributed by atoms with Crippen molar-refractivity contribution in [3.63, 3.8) is 0 Å². The smallest absolute Gasteiger partial charge is 0.327 e. The second-order valence-corrected chi connectivity index (χ2v) is 7.37. The number of piperazine rings is 1. The first-order valence-electron chi connectivity index (χ1n) is 9.06. The van der Waals surface area contributed by atoms with Crippen LogP contribution in [0.5, 0.6) is 0 Å². The van der Waals surface area contributed by atoms with Crippen LogP contribution in [0.2, 0.25) is 0 Å². The van der Waals surface area contributed by atoms with Crippen molar-refractivity contribution < 1.29 is 27.6 Å². The molecular weight excluding hydrogens is 403 g/mol. The fourth-order valence-electron chi connectivity index (χ4n) is 4.72. The molecule has 3 atom stereocenters. The Balaban J connectivity index is 1.56. The number of carbonyl (C=O) groups excluding carboxylic acids is 3. The van der Waals surface area contributed by atoms with E-state index in [0.717, 1.165) is 4.90 Å². The monoisotopic (exact) mass is 415 g/mol. The summed E-state index contributed by atoms with van der Waals surface area (Å²) in [5, 5.41) is 10.1. The van der Waals surface area contributed by atoms with Gasteiger partial charge in [-0.2, -0.15) is 18.4 Å². The number of fused-ring (bicyclic) bond motifs is 6. The highest BCUT2D eigenvalue weighted by molar-refractivity contribution is 6.25. The number of nitriles is 1. The first-order chi connectivity index (χ1) is 14.2. The number of hydrogen-bond acceptors (Lipinski definition) is 5. The van der Waals surface area contributed by atoms with Crippen molar-refractivity contribution in [3.8, 4) is 6.07 Å². The van der Waals surface area contributed by atoms with E-state index in [0.29, 0.717) is 15.7 Å². The lowest BCUT2D eigenvalue weighted by atomic mass is 10.1. The van der Waals surface area contributed by atoms with E-state index >= 15 is 0 Å². The van der Waals surface area contributed by atoms with Crippen LogP contribution in [0.3, 0.4) is 0 Å². The van der Waals surface area contributed by atoms with Crippen LogP contribution in [-0.4, -0.2) is 63.5 Å². The largest absolute Gasteiger partial charge is 0.471 e. The van der Waals surface area contributed by atoms with Gasteiger partial charge in [0.25, 0.3) is 5.91 Å². The summed E-state index contributed by atoms with van der Waals surface area (Å²) in [7, 11) is 0. The number of rotatable bonds is 1. The second-order valence-electron chi connectivity index (χ2n) is 7.37. The first-order valence-corrected chi connectivity index (χ1v) is 9.06. The van der Waals surface area contributed by atoms with Gasteiger partial charge in [-0.1, -0.05) is 24.3 Å². The number of likely N-dealkylation sites (tertiary alicyclic amines) is 1. The Morgan fingerprint density at radius 1 is 1.20 bits per heavy atom. The van der Waals surface area contributed by atoms with E-state index in [1.165, 1.54) is 11.1 Å². The third-order valence-electron chi connectivity index (χ3n) is 5.89. The van der Waals surface area contributed by atoms with Crippen LogP contribution in [0.1, 0.15) is 12.1 Å². The number of hydrogen-bond donors (Lipinski definition) is 0. The van der Waals surface area contributed by atoms with Gasteiger partial charge in [-0.3, -0.25) is 9.59 Å². The number of pyridine rings is 1. The molecule has 8 nitrogen and oxygen atoms in total. The van der Waals surface area contributed by atoms with Crippen molar-refractivity contribution >= 4 is 34.3 Å². The molecule has 3 aliphatic rings. The lowest BCUT2D eigenvalue weighted by Crippen LogP contribution is -2.57. The molecule has 0 radical (unpaired) electrons. The van der Waals surface area contributed by atoms with E-state index < -0.39 is 42.1 Å². The van der Waals surface area contributed by atoms with E-state index in [4.69, 9.17) is 0 Å². The molecule has 2 bridgehead atoms. The molecule has 5 rings (SSSR count). The van der Waals surface area contributed by atoms with Gasteiger partial charge in [-0.05, 0) is 6.42 Å². The van der Waals surface area contributed by atoms with Crippen LogP contribution < -0.4 is 4.90 Å². The van der Waals surface area contributed by atoms with Crippen LogP contribution in [0.4, 0.5) is 23.7 Å². The normalized spacial score (nSPS) is 25.3. The Morgan fingerprint density at radius 2 is 1.90 bits per heavy atom. The topological polar surface area (TPSA) is 97.6 Å². The molecule has 0 aliphatic carbocycles. The summed E-state index contributed by atoms with van der Waals surface area (Å²) in [5.41, 5.74) is 0.276. The number of urea groups is 1. The molecule has 1 aromatic heterocycles. The highest BCUT2D eigenvalue weighted by Gasteiger charge is 2.64. The van der Waals surface area contributed by atoms with Crippen LogP contribution in [0.15, 0.2) is 30.5 Å². The van der Waals surface area contributed by atoms with Gasteiger partial charge in [-0.25, -0.2) is 14.7 Å². The molecule has 30 heavy (non-hydrogen) atoms. The van der Waals surface area contributed by atoms with Gasteiger partial charge < -0.3 is 9.80 Å². The molecule has 4 amide bonds. The Kier molecular flexibility index (Phi) is 3.62. The van der Waals surface area contributed by atoms with Gasteiger partial charge in [0, 0.05) is 17.3 Å². The van der Waals surface area contributed by atoms with Gasteiger partial charge in [0.05, 0.1) is 24.0 Å². The third-order valence-corrected chi connectivity index (χ3v) is 5.89. The standard InChI is InChI=1S/C19H12F3N5O3/c20-19(21,22)17(29)25-8-9-5-13(25)15-16(28)27(18(30)26(9)15)14-7-24-12(6-23)10-3-1-2-4-11(10)14/h1-4,7,9,13,15H,5,8H2. The fraction of sp³-hybridized carbons (Fsp3) is 0.316. The Labute approximate surface area is 167 Å². The minimum Gasteiger partial charge on any atom is -0.327 e. The molecule has 3 aliphatic heterocycles. The van der Waals surface area contributed by atoms with Gasteiger partial charge in [0.15, 0.2) is 0 Å². The van der Waals surface area contributed by atoms with Gasteiger partial charge >= 0.3 is 18.1 Å². The molecule has 3 saturated heterocycles. The van der Waals surface area contributed by atoms with Gasteiger partial charge in [0.1, 0.15) is 17.8 Å². The zero-order valence-electron chi connectivity index (χ0n) is 15.1. The van der Waals surface area contributed by atoms with Crippen molar-refractivity contribution in [2.24, 2.45) is 0 Å². The molecule has 2 aromatic rings. The number of carbonyl (C=O) groups is 3. The molecule has 0 N–H and O–H groups in total. The maximum atomic E-state index is 13.2. The van der Waals surface area contributed by atoms with E-state index in [9.17, 15) is 32.8 Å². The first kappa shape index (κ1) is 18.4. The highest BCUT2D eigenvalue weighted by atomic mass is 19.4. The summed E-state index contributed by atoms with van der Waals surface area (Å²) in [6.45, 7) is -0.265. The molecular formula is C19H12F3N5O3. The van der Waals surface area contributed by atoms with Gasteiger partial charge in [-0.15, -0.1) is 0 Å². The second kappa shape index (κ2) is 5.91. The van der Waals surface area contributed by atoms with Crippen LogP contribution in [-0.2, 0) is 9.59 Å². The lowest BCUT2D eigenvalue weighted by molar-refractivity contribution is -0.188. The predicted octanol–water partition coefficient (Wildman–Crippen LogP) is 1.79. The minimum absolute atomic E-state index is 0.121. The Hall–Kier alpha value is -3.68. The van der Waals surface area contributed by atoms with E-state index in [-0.39, 0.29) is 24.3 Å². The maximum Gasteiger partial charge on any atom is 0.471 e. The molecule has 1 aromatic carbocycles. The fourth-order valence-corrected chi connectivity index (χ4v) is 4.72. The summed E-state index contributed by atoms with van der Waals surface area (Å²) < 4.78 is 38.8. The Morgan fingerprint density at radius 3 is 2.57 bits per heavy atom. The SMILES string of the molecule is N#Cc1ncc(N2C(=O)C3C4CC(CN4C(=O)C(F)(F)F)N3C2=O)c2ccccc12. The molecule has 4 heterocycles. The zero-order chi connectivity index (χ0) is 21.4. The van der Waals surface area contributed by atoms with Crippen molar-refractivity contribution in [2.45, 2.75) is 30.7 Å². The van der Waals surface area contributed by atoms with Crippen molar-refractivity contribution in [2.75, 3.05) is 11.4 Å². The highest BCUT2D eigenvalue weighted by Crippen LogP contribution is 2.44. The van der Waals surface area contributed by atoms with Crippen LogP contribution in [0, 0.1) is 11.3 Å². The number of nitrogens with zero attached hydrogens (tertiary/aromatic N) is 5. The maximum absolute atomic E-state index is 13.2. The molecule has 152 valence electrons. The summed E-state index contributed by atoms with van der Waals surface area (Å²) >= 11 is 0. The molecule has 3 fully saturated rings. The summed E-state index contributed by atoms with van der Waals surface area (Å²) in [6, 6.07) is 5.05. The number of anilines is 1. The summed E-state index contributed by atoms with van der Waals surface area (Å²) in [5.74, 6) is -2.71. The third kappa shape index (κ3) is 2.27. The number of aromatic nitrogens is 1. The van der Waals surface area contributed by atoms with E-state index in [2.05, 4.69) is 4.98 Å². The van der Waals surface area contributed by atoms with Crippen LogP contribution in [0.25, 0.3) is 10.8 Å². The van der Waals surface area contributed by atoms with E-state index in [1.54, 1.807) is 24.3 Å². The number of alkyl halides is 3. The average molecular weight is 415 g/mol. The lowest BCUT2D eigenvalue weighted by Gasteiger charge is -2.35. The molecule has 0 spiro atoms. The summed E-state index contributed by atoms with van der Waals surface area (Å²) in [6.07, 6.45) is -3.68. The number of halogens is 3. The summed E-state index contributed by atoms with van der Waals surface area (Å²) in [4.78, 5) is 44.8. The molecule has 3 unspecified atom stereocenters. The quantitative estimate of drug-likeness (QED) is 0.662. The van der Waals surface area contributed by atoms with E-state index in [1.807, 2.05) is 6.07 Å². The predicted molar refractivity (Wildman–Crippen MR) is 94.9 cm³/mol. The number of amides is 4.